The number of hydrogen-bond acceptors (Lipinski definition) is 23. The summed E-state index contributed by atoms with van der Waals surface area (Å²) < 4.78 is 26.0. The number of benzene rings is 7. The van der Waals surface area contributed by atoms with Crippen molar-refractivity contribution < 1.29 is 64.7 Å². The number of aromatic amines is 1. The number of nitrogen functional groups attached to an aromatic ring is 1. The first-order valence-corrected chi connectivity index (χ1v) is 32.9. The zero-order valence-corrected chi connectivity index (χ0v) is 64.4. The SMILES string of the molecule is CC(C)c1cc(C(=O)NN)c(O)cc1O.COc1ccc(CN)cc1.COc1ccc(CN=C=S)cc1.COc1ccc(CNC(=S)NNC(=O)c2cc(C(C)C)c(O)cc2O)cc1.COc1ccc(Cn2c(-c3cc(C(C)C)c(O)cc3O)n[nH]c2=S)cc1.N.O.P.S=C(n1ccnc1)n1ccnc1. The van der Waals surface area contributed by atoms with Gasteiger partial charge in [-0.05, 0) is 172 Å². The molecule has 0 spiro atoms. The smallest absolute Gasteiger partial charge is 0.273 e. The minimum absolute atomic E-state index is 0. The fourth-order valence-corrected chi connectivity index (χ4v) is 9.62. The molecule has 0 aliphatic carbocycles. The molecule has 0 saturated carbocycles. The van der Waals surface area contributed by atoms with Crippen molar-refractivity contribution in [1.82, 2.24) is 61.6 Å². The number of hydrogen-bond donors (Lipinski definition) is 14. The topological polar surface area (TPSA) is 441 Å². The Labute approximate surface area is 633 Å². The van der Waals surface area contributed by atoms with Crippen LogP contribution < -0.4 is 58.3 Å². The first-order chi connectivity index (χ1) is 48.8. The molecule has 0 bridgehead atoms. The Hall–Kier alpha value is -10.9. The lowest BCUT2D eigenvalue weighted by atomic mass is 9.98. The number of carbonyl (C=O) groups is 2. The molecule has 105 heavy (non-hydrogen) atoms. The highest BCUT2D eigenvalue weighted by Gasteiger charge is 2.20. The molecule has 10 aromatic rings. The van der Waals surface area contributed by atoms with Crippen LogP contribution in [0, 0.1) is 4.77 Å². The number of H-pyrrole nitrogens is 1. The maximum Gasteiger partial charge on any atom is 0.273 e. The van der Waals surface area contributed by atoms with Crippen molar-refractivity contribution in [2.45, 2.75) is 85.5 Å². The highest BCUT2D eigenvalue weighted by Crippen LogP contribution is 2.38. The summed E-state index contributed by atoms with van der Waals surface area (Å²) >= 11 is 20.1. The first-order valence-electron chi connectivity index (χ1n) is 31.2. The zero-order chi connectivity index (χ0) is 75.0. The van der Waals surface area contributed by atoms with E-state index in [0.717, 1.165) is 62.9 Å². The molecule has 28 nitrogen and oxygen atoms in total. The number of thiocarbonyl (C=S) groups is 3. The van der Waals surface area contributed by atoms with Crippen molar-refractivity contribution in [3.8, 4) is 68.9 Å². The zero-order valence-electron chi connectivity index (χ0n) is 59.7. The van der Waals surface area contributed by atoms with Gasteiger partial charge in [-0.3, -0.25) is 44.7 Å². The Morgan fingerprint density at radius 2 is 0.981 bits per heavy atom. The maximum absolute atomic E-state index is 12.3. The molecule has 0 radical (unpaired) electrons. The summed E-state index contributed by atoms with van der Waals surface area (Å²) in [6.07, 6.45) is 10.3. The Morgan fingerprint density at radius 1 is 0.581 bits per heavy atom. The average molecular weight is 1530 g/mol. The molecule has 20 N–H and O–H groups in total. The lowest BCUT2D eigenvalue weighted by Gasteiger charge is -2.14. The van der Waals surface area contributed by atoms with Gasteiger partial charge in [0, 0.05) is 56.1 Å². The number of nitrogens with two attached hydrogens (primary N) is 2. The maximum atomic E-state index is 12.3. The van der Waals surface area contributed by atoms with E-state index in [1.54, 1.807) is 81.1 Å². The molecule has 10 rings (SSSR count). The summed E-state index contributed by atoms with van der Waals surface area (Å²) in [6, 6.07) is 38.9. The number of phenols is 6. The summed E-state index contributed by atoms with van der Waals surface area (Å²) in [6.45, 7) is 13.6. The van der Waals surface area contributed by atoms with Crippen LogP contribution in [0.1, 0.15) is 119 Å². The van der Waals surface area contributed by atoms with E-state index in [2.05, 4.69) is 58.7 Å². The number of aromatic hydroxyl groups is 6. The molecule has 3 heterocycles. The number of nitrogens with one attached hydrogen (secondary N) is 5. The van der Waals surface area contributed by atoms with Crippen molar-refractivity contribution in [1.29, 1.82) is 0 Å². The van der Waals surface area contributed by atoms with E-state index in [-0.39, 0.29) is 90.0 Å². The third kappa shape index (κ3) is 28.0. The van der Waals surface area contributed by atoms with Crippen LogP contribution in [0.25, 0.3) is 11.4 Å². The number of aliphatic imine (C=N–C) groups is 1. The number of hydrazine groups is 2. The van der Waals surface area contributed by atoms with Gasteiger partial charge in [0.15, 0.2) is 20.8 Å². The number of methoxy groups -OCH3 is 4. The Bertz CT molecular complexity index is 4370. The number of phenolic OH excluding ortho intramolecular Hbond substituents is 6. The quantitative estimate of drug-likeness (QED) is 0.0101. The van der Waals surface area contributed by atoms with Crippen molar-refractivity contribution in [3.05, 3.63) is 226 Å². The minimum Gasteiger partial charge on any atom is -0.508 e. The normalized spacial score (nSPS) is 9.93. The molecule has 0 fully saturated rings. The number of ether oxygens (including phenoxy) is 4. The Balaban J connectivity index is 0.000000443. The second kappa shape index (κ2) is 46.0. The summed E-state index contributed by atoms with van der Waals surface area (Å²) in [4.78, 5) is 35.1. The van der Waals surface area contributed by atoms with E-state index in [0.29, 0.717) is 58.6 Å². The van der Waals surface area contributed by atoms with E-state index in [9.17, 15) is 40.2 Å². The van der Waals surface area contributed by atoms with Crippen LogP contribution in [-0.2, 0) is 26.2 Å². The van der Waals surface area contributed by atoms with Crippen LogP contribution in [0.15, 0.2) is 176 Å². The van der Waals surface area contributed by atoms with Crippen molar-refractivity contribution >= 4 is 86.0 Å². The molecule has 1 unspecified atom stereocenters. The molecular formula is C72H92N15O13PS4. The number of imidazole rings is 2. The lowest BCUT2D eigenvalue weighted by molar-refractivity contribution is 0.0936. The number of carbonyl (C=O) groups excluding carboxylic acids is 2. The summed E-state index contributed by atoms with van der Waals surface area (Å²) in [5.41, 5.74) is 19.1. The fourth-order valence-electron chi connectivity index (χ4n) is 9.02. The molecule has 7 aromatic carbocycles. The van der Waals surface area contributed by atoms with Crippen LogP contribution >= 0.6 is 58.8 Å². The number of amides is 2. The summed E-state index contributed by atoms with van der Waals surface area (Å²) in [5, 5.41) is 72.3. The van der Waals surface area contributed by atoms with Gasteiger partial charge in [0.1, 0.15) is 70.1 Å². The molecule has 0 aliphatic rings. The molecular weight excluding hydrogens is 1440 g/mol. The number of aromatic nitrogens is 7. The molecule has 0 aliphatic heterocycles. The van der Waals surface area contributed by atoms with Gasteiger partial charge in [0.25, 0.3) is 11.8 Å². The fraction of sp³-hybridized carbons (Fsp3) is 0.236. The second-order valence-corrected chi connectivity index (χ2v) is 24.0. The largest absolute Gasteiger partial charge is 0.508 e. The number of rotatable bonds is 17. The van der Waals surface area contributed by atoms with Gasteiger partial charge in [0.2, 0.25) is 0 Å². The minimum atomic E-state index is -0.589. The predicted octanol–water partition coefficient (Wildman–Crippen LogP) is 11.2. The van der Waals surface area contributed by atoms with E-state index in [1.165, 1.54) is 18.2 Å². The highest BCUT2D eigenvalue weighted by molar-refractivity contribution is 7.80. The Morgan fingerprint density at radius 3 is 1.37 bits per heavy atom. The van der Waals surface area contributed by atoms with Crippen molar-refractivity contribution in [2.75, 3.05) is 28.4 Å². The van der Waals surface area contributed by atoms with Crippen molar-refractivity contribution in [3.63, 3.8) is 0 Å². The molecule has 2 amide bonds. The highest BCUT2D eigenvalue weighted by atomic mass is 32.1. The summed E-state index contributed by atoms with van der Waals surface area (Å²) in [5.74, 6) is 7.08. The standard InChI is InChI=1S/C19H23N3O4S.C19H21N3O3S.C10H14N2O3.C9H9NOS.C8H11NO.C7H6N4S.H3N.H2O.H3P/c1-11(2)14-8-15(17(24)9-16(14)23)18(25)21-22-19(27)20-10-12-4-6-13(26-3)7-5-12;1-11(2)14-8-15(17(24)9-16(14)23)18-20-21-19(26)22(18)10-12-4-6-13(25-3)7-5-12;1-5(2)6-3-7(10(15)12-11)9(14)4-8(6)13;1-11-9-4-2-8(3-5-9)6-10-7-12;1-10-8-4-2-7(6-9)3-5-8;12-7(10-3-1-8-5-10)11-4-2-9-6-11;;;/h4-9,11,23-24H,10H2,1-3H3,(H,21,25)(H2,20,22,27);4-9,11,23-24H,10H2,1-3H3,(H,21,26);3-5,13-14H,11H2,1-2H3,(H,12,15);2-5H,6H2,1H3;2-5H,6,9H2,1H3;1-6H;1H3;1H2;1H3. The van der Waals surface area contributed by atoms with Gasteiger partial charge < -0.3 is 72.3 Å². The van der Waals surface area contributed by atoms with Gasteiger partial charge in [-0.25, -0.2) is 20.8 Å². The lowest BCUT2D eigenvalue weighted by Crippen LogP contribution is -2.46. The third-order valence-corrected chi connectivity index (χ3v) is 15.8. The number of isothiocyanates is 1. The van der Waals surface area contributed by atoms with Gasteiger partial charge in [-0.15, -0.1) is 0 Å². The van der Waals surface area contributed by atoms with Crippen LogP contribution in [0.5, 0.6) is 57.5 Å². The molecule has 1 atom stereocenters. The molecule has 0 saturated heterocycles. The van der Waals surface area contributed by atoms with Gasteiger partial charge in [0.05, 0.1) is 63.4 Å². The van der Waals surface area contributed by atoms with Crippen molar-refractivity contribution in [2.24, 2.45) is 16.6 Å². The second-order valence-electron chi connectivity index (χ2n) is 22.6. The third-order valence-electron chi connectivity index (χ3n) is 14.7. The number of nitrogens with zero attached hydrogens (tertiary/aromatic N) is 7. The Kier molecular flexibility index (Phi) is 39.5. The van der Waals surface area contributed by atoms with E-state index in [4.69, 9.17) is 67.2 Å². The van der Waals surface area contributed by atoms with Crippen LogP contribution in [0.2, 0.25) is 0 Å². The monoisotopic (exact) mass is 1530 g/mol. The van der Waals surface area contributed by atoms with Crippen LogP contribution in [-0.4, -0.2) is 126 Å². The molecule has 562 valence electrons. The summed E-state index contributed by atoms with van der Waals surface area (Å²) in [7, 11) is 6.52. The molecule has 3 aromatic heterocycles. The predicted molar refractivity (Wildman–Crippen MR) is 425 cm³/mol. The van der Waals surface area contributed by atoms with Gasteiger partial charge in [-0.1, -0.05) is 90.1 Å². The first kappa shape index (κ1) is 90.2. The van der Waals surface area contributed by atoms with Gasteiger partial charge >= 0.3 is 0 Å². The van der Waals surface area contributed by atoms with E-state index < -0.39 is 11.8 Å². The van der Waals surface area contributed by atoms with Gasteiger partial charge in [-0.2, -0.15) is 15.0 Å². The van der Waals surface area contributed by atoms with Crippen LogP contribution in [0.4, 0.5) is 0 Å². The molecule has 33 heteroatoms. The van der Waals surface area contributed by atoms with Crippen LogP contribution in [0.3, 0.4) is 0 Å². The average Bonchev–Trinajstić information content (AvgIpc) is 1.73. The van der Waals surface area contributed by atoms with E-state index >= 15 is 0 Å². The van der Waals surface area contributed by atoms with E-state index in [1.807, 2.05) is 149 Å².